The second-order valence-corrected chi connectivity index (χ2v) is 7.18. The van der Waals surface area contributed by atoms with Gasteiger partial charge in [-0.3, -0.25) is 0 Å². The maximum Gasteiger partial charge on any atom is 0.0469 e. The highest BCUT2D eigenvalue weighted by Crippen LogP contribution is 2.50. The Morgan fingerprint density at radius 1 is 1.11 bits per heavy atom. The molecule has 19 heavy (non-hydrogen) atoms. The Kier molecular flexibility index (Phi) is 4.81. The Bertz CT molecular complexity index is 274. The molecule has 2 nitrogen and oxygen atoms in total. The first kappa shape index (κ1) is 13.9. The van der Waals surface area contributed by atoms with Crippen molar-refractivity contribution < 1.29 is 4.74 Å². The average molecular weight is 265 g/mol. The molecule has 1 saturated heterocycles. The van der Waals surface area contributed by atoms with E-state index in [9.17, 15) is 0 Å². The van der Waals surface area contributed by atoms with Crippen molar-refractivity contribution in [3.8, 4) is 0 Å². The van der Waals surface area contributed by atoms with Crippen LogP contribution in [0.5, 0.6) is 0 Å². The molecule has 1 aliphatic heterocycles. The van der Waals surface area contributed by atoms with Gasteiger partial charge in [-0.2, -0.15) is 0 Å². The number of nitrogens with one attached hydrogen (secondary N) is 1. The summed E-state index contributed by atoms with van der Waals surface area (Å²) in [5.41, 5.74) is 0. The van der Waals surface area contributed by atoms with Crippen LogP contribution in [0.4, 0.5) is 0 Å². The summed E-state index contributed by atoms with van der Waals surface area (Å²) in [4.78, 5) is 0. The summed E-state index contributed by atoms with van der Waals surface area (Å²) < 4.78 is 5.55. The van der Waals surface area contributed by atoms with Gasteiger partial charge >= 0.3 is 0 Å². The van der Waals surface area contributed by atoms with Gasteiger partial charge in [0.2, 0.25) is 0 Å². The molecule has 3 rings (SSSR count). The molecule has 3 aliphatic rings. The third-order valence-corrected chi connectivity index (χ3v) is 5.93. The Labute approximate surface area is 118 Å². The molecule has 1 N–H and O–H groups in total. The molecule has 1 heterocycles. The second-order valence-electron chi connectivity index (χ2n) is 7.18. The standard InChI is InChI=1S/C17H31NO/c1-2-7-18-17(14-5-8-19-9-6-14)12-16-11-13-3-4-15(16)10-13/h13-18H,2-12H2,1H3. The van der Waals surface area contributed by atoms with Crippen LogP contribution in [0.2, 0.25) is 0 Å². The first-order valence-corrected chi connectivity index (χ1v) is 8.68. The van der Waals surface area contributed by atoms with E-state index in [1.165, 1.54) is 51.5 Å². The van der Waals surface area contributed by atoms with Gasteiger partial charge in [0, 0.05) is 19.3 Å². The minimum absolute atomic E-state index is 0.771. The molecule has 4 unspecified atom stereocenters. The quantitative estimate of drug-likeness (QED) is 0.792. The van der Waals surface area contributed by atoms with Gasteiger partial charge in [-0.05, 0) is 75.2 Å². The van der Waals surface area contributed by atoms with Crippen molar-refractivity contribution in [2.24, 2.45) is 23.7 Å². The SMILES string of the molecule is CCCNC(CC1CC2CCC1C2)C1CCOCC1. The van der Waals surface area contributed by atoms with Crippen molar-refractivity contribution in [3.05, 3.63) is 0 Å². The van der Waals surface area contributed by atoms with Crippen LogP contribution in [0.1, 0.15) is 58.3 Å². The number of ether oxygens (including phenoxy) is 1. The normalized spacial score (nSPS) is 36.8. The fourth-order valence-electron chi connectivity index (χ4n) is 4.88. The summed E-state index contributed by atoms with van der Waals surface area (Å²) in [5, 5.41) is 3.87. The second kappa shape index (κ2) is 6.58. The number of fused-ring (bicyclic) bond motifs is 2. The molecule has 0 radical (unpaired) electrons. The minimum Gasteiger partial charge on any atom is -0.381 e. The Hall–Kier alpha value is -0.0800. The molecule has 4 atom stereocenters. The Morgan fingerprint density at radius 3 is 2.58 bits per heavy atom. The van der Waals surface area contributed by atoms with Gasteiger partial charge in [-0.25, -0.2) is 0 Å². The van der Waals surface area contributed by atoms with Crippen molar-refractivity contribution in [2.75, 3.05) is 19.8 Å². The third kappa shape index (κ3) is 3.33. The van der Waals surface area contributed by atoms with E-state index in [-0.39, 0.29) is 0 Å². The van der Waals surface area contributed by atoms with Crippen LogP contribution >= 0.6 is 0 Å². The van der Waals surface area contributed by atoms with Crippen LogP contribution in [0.25, 0.3) is 0 Å². The van der Waals surface area contributed by atoms with E-state index >= 15 is 0 Å². The molecule has 0 spiro atoms. The minimum atomic E-state index is 0.771. The summed E-state index contributed by atoms with van der Waals surface area (Å²) in [5.74, 6) is 4.09. The first-order chi connectivity index (χ1) is 9.36. The highest BCUT2D eigenvalue weighted by molar-refractivity contribution is 4.93. The van der Waals surface area contributed by atoms with E-state index in [1.807, 2.05) is 0 Å². The number of hydrogen-bond donors (Lipinski definition) is 1. The van der Waals surface area contributed by atoms with E-state index in [2.05, 4.69) is 12.2 Å². The molecular weight excluding hydrogens is 234 g/mol. The molecule has 110 valence electrons. The summed E-state index contributed by atoms with van der Waals surface area (Å²) in [7, 11) is 0. The number of rotatable bonds is 6. The molecule has 0 amide bonds. The lowest BCUT2D eigenvalue weighted by atomic mass is 9.79. The van der Waals surface area contributed by atoms with Crippen LogP contribution < -0.4 is 5.32 Å². The molecule has 3 fully saturated rings. The van der Waals surface area contributed by atoms with Crippen LogP contribution in [0, 0.1) is 23.7 Å². The van der Waals surface area contributed by atoms with Gasteiger partial charge in [0.15, 0.2) is 0 Å². The summed E-state index contributed by atoms with van der Waals surface area (Å²) in [6.07, 6.45) is 11.4. The zero-order valence-corrected chi connectivity index (χ0v) is 12.6. The molecule has 0 aromatic heterocycles. The lowest BCUT2D eigenvalue weighted by Gasteiger charge is -2.34. The van der Waals surface area contributed by atoms with Crippen LogP contribution in [0.3, 0.4) is 0 Å². The van der Waals surface area contributed by atoms with Gasteiger partial charge < -0.3 is 10.1 Å². The van der Waals surface area contributed by atoms with E-state index in [0.29, 0.717) is 0 Å². The van der Waals surface area contributed by atoms with Crippen molar-refractivity contribution in [1.29, 1.82) is 0 Å². The molecule has 2 aliphatic carbocycles. The molecule has 2 bridgehead atoms. The predicted molar refractivity (Wildman–Crippen MR) is 79.2 cm³/mol. The average Bonchev–Trinajstić information content (AvgIpc) is 3.07. The summed E-state index contributed by atoms with van der Waals surface area (Å²) in [6, 6.07) is 0.771. The molecular formula is C17H31NO. The largest absolute Gasteiger partial charge is 0.381 e. The lowest BCUT2D eigenvalue weighted by molar-refractivity contribution is 0.0485. The molecule has 2 saturated carbocycles. The van der Waals surface area contributed by atoms with Crippen molar-refractivity contribution >= 4 is 0 Å². The highest BCUT2D eigenvalue weighted by atomic mass is 16.5. The maximum absolute atomic E-state index is 5.55. The van der Waals surface area contributed by atoms with Crippen LogP contribution in [-0.4, -0.2) is 25.8 Å². The molecule has 2 heteroatoms. The van der Waals surface area contributed by atoms with E-state index in [0.717, 1.165) is 42.9 Å². The van der Waals surface area contributed by atoms with E-state index < -0.39 is 0 Å². The van der Waals surface area contributed by atoms with Gasteiger partial charge in [0.05, 0.1) is 0 Å². The van der Waals surface area contributed by atoms with E-state index in [1.54, 1.807) is 6.42 Å². The zero-order valence-electron chi connectivity index (χ0n) is 12.6. The smallest absolute Gasteiger partial charge is 0.0469 e. The van der Waals surface area contributed by atoms with Crippen LogP contribution in [0.15, 0.2) is 0 Å². The Morgan fingerprint density at radius 2 is 1.95 bits per heavy atom. The van der Waals surface area contributed by atoms with E-state index in [4.69, 9.17) is 4.74 Å². The zero-order chi connectivity index (χ0) is 13.1. The van der Waals surface area contributed by atoms with Gasteiger partial charge in [-0.15, -0.1) is 0 Å². The lowest BCUT2D eigenvalue weighted by Crippen LogP contribution is -2.41. The summed E-state index contributed by atoms with van der Waals surface area (Å²) in [6.45, 7) is 5.46. The van der Waals surface area contributed by atoms with Gasteiger partial charge in [0.25, 0.3) is 0 Å². The monoisotopic (exact) mass is 265 g/mol. The topological polar surface area (TPSA) is 21.3 Å². The first-order valence-electron chi connectivity index (χ1n) is 8.68. The van der Waals surface area contributed by atoms with Crippen LogP contribution in [-0.2, 0) is 4.74 Å². The summed E-state index contributed by atoms with van der Waals surface area (Å²) >= 11 is 0. The Balaban J connectivity index is 1.55. The highest BCUT2D eigenvalue weighted by Gasteiger charge is 2.41. The number of hydrogen-bond acceptors (Lipinski definition) is 2. The fraction of sp³-hybridized carbons (Fsp3) is 1.00. The fourth-order valence-corrected chi connectivity index (χ4v) is 4.88. The molecule has 0 aromatic rings. The van der Waals surface area contributed by atoms with Gasteiger partial charge in [-0.1, -0.05) is 13.3 Å². The third-order valence-electron chi connectivity index (χ3n) is 5.93. The van der Waals surface area contributed by atoms with Crippen molar-refractivity contribution in [3.63, 3.8) is 0 Å². The van der Waals surface area contributed by atoms with Crippen molar-refractivity contribution in [1.82, 2.24) is 5.32 Å². The van der Waals surface area contributed by atoms with Crippen molar-refractivity contribution in [2.45, 2.75) is 64.3 Å². The van der Waals surface area contributed by atoms with Gasteiger partial charge in [0.1, 0.15) is 0 Å². The maximum atomic E-state index is 5.55. The predicted octanol–water partition coefficient (Wildman–Crippen LogP) is 3.61. The molecule has 0 aromatic carbocycles.